The van der Waals surface area contributed by atoms with Crippen molar-refractivity contribution in [3.63, 3.8) is 0 Å². The maximum absolute atomic E-state index is 10.2. The van der Waals surface area contributed by atoms with Crippen LogP contribution in [-0.2, 0) is 4.79 Å². The largest absolute Gasteiger partial charge is 0.510 e. The molecule has 0 saturated heterocycles. The van der Waals surface area contributed by atoms with Crippen LogP contribution in [0.3, 0.4) is 0 Å². The number of hydrogen-bond donors (Lipinski definition) is 3. The van der Waals surface area contributed by atoms with Crippen molar-refractivity contribution in [2.75, 3.05) is 0 Å². The van der Waals surface area contributed by atoms with E-state index in [-0.39, 0.29) is 5.76 Å². The van der Waals surface area contributed by atoms with Gasteiger partial charge in [0.25, 0.3) is 0 Å². The van der Waals surface area contributed by atoms with E-state index in [0.717, 1.165) is 6.08 Å². The highest BCUT2D eigenvalue weighted by Gasteiger charge is 2.17. The number of carboxylic acid groups (broad SMARTS) is 1. The summed E-state index contributed by atoms with van der Waals surface area (Å²) in [7, 11) is 0. The number of aliphatic hydroxyl groups is 2. The molecule has 0 aliphatic rings. The molecule has 0 bridgehead atoms. The summed E-state index contributed by atoms with van der Waals surface area (Å²) in [6.45, 7) is 4.55. The molecule has 0 heterocycles. The first kappa shape index (κ1) is 12.7. The molecule has 0 unspecified atom stereocenters. The lowest BCUT2D eigenvalue weighted by Gasteiger charge is -2.15. The van der Waals surface area contributed by atoms with E-state index in [1.807, 2.05) is 0 Å². The van der Waals surface area contributed by atoms with Gasteiger partial charge in [-0.15, -0.1) is 0 Å². The van der Waals surface area contributed by atoms with Crippen molar-refractivity contribution in [1.29, 1.82) is 0 Å². The first-order valence-electron chi connectivity index (χ1n) is 4.25. The fourth-order valence-corrected chi connectivity index (χ4v) is 0.777. The topological polar surface area (TPSA) is 77.8 Å². The van der Waals surface area contributed by atoms with Crippen LogP contribution < -0.4 is 0 Å². The molecule has 3 N–H and O–H groups in total. The van der Waals surface area contributed by atoms with Crippen LogP contribution in [0.2, 0.25) is 0 Å². The van der Waals surface area contributed by atoms with Crippen LogP contribution in [0.5, 0.6) is 0 Å². The van der Waals surface area contributed by atoms with Crippen LogP contribution in [0.25, 0.3) is 0 Å². The second kappa shape index (κ2) is 4.81. The lowest BCUT2D eigenvalue weighted by molar-refractivity contribution is -0.131. The summed E-state index contributed by atoms with van der Waals surface area (Å²) < 4.78 is 0. The lowest BCUT2D eigenvalue weighted by Crippen LogP contribution is -2.21. The van der Waals surface area contributed by atoms with Crippen molar-refractivity contribution in [3.05, 3.63) is 23.5 Å². The molecule has 0 radical (unpaired) electrons. The van der Waals surface area contributed by atoms with Crippen molar-refractivity contribution in [2.45, 2.75) is 32.8 Å². The van der Waals surface area contributed by atoms with Gasteiger partial charge in [0.05, 0.1) is 0 Å². The van der Waals surface area contributed by atoms with Crippen LogP contribution in [0, 0.1) is 0 Å². The van der Waals surface area contributed by atoms with Gasteiger partial charge in [-0.2, -0.15) is 0 Å². The van der Waals surface area contributed by atoms with Gasteiger partial charge in [0.1, 0.15) is 11.4 Å². The number of carbonyl (C=O) groups is 1. The third-order valence-electron chi connectivity index (χ3n) is 1.61. The minimum atomic E-state index is -1.27. The standard InChI is InChI=1S/C10H16O4/c1-7(6-9(12)13)4-5-8(11)10(2,3)14/h5-6,11,14H,4H2,1-3H3,(H,12,13)/b7-6+,8-5-. The maximum atomic E-state index is 10.2. The van der Waals surface area contributed by atoms with Gasteiger partial charge in [-0.1, -0.05) is 5.57 Å². The summed E-state index contributed by atoms with van der Waals surface area (Å²) >= 11 is 0. The molecule has 0 saturated carbocycles. The zero-order valence-electron chi connectivity index (χ0n) is 8.61. The van der Waals surface area contributed by atoms with Gasteiger partial charge in [0, 0.05) is 6.08 Å². The highest BCUT2D eigenvalue weighted by molar-refractivity contribution is 5.80. The highest BCUT2D eigenvalue weighted by atomic mass is 16.4. The molecule has 4 heteroatoms. The fourth-order valence-electron chi connectivity index (χ4n) is 0.777. The minimum absolute atomic E-state index is 0.157. The van der Waals surface area contributed by atoms with Crippen LogP contribution in [-0.4, -0.2) is 26.9 Å². The van der Waals surface area contributed by atoms with Crippen LogP contribution in [0.15, 0.2) is 23.5 Å². The van der Waals surface area contributed by atoms with E-state index in [1.165, 1.54) is 19.9 Å². The predicted octanol–water partition coefficient (Wildman–Crippen LogP) is 1.62. The van der Waals surface area contributed by atoms with Crippen molar-refractivity contribution >= 4 is 5.97 Å². The molecule has 0 amide bonds. The van der Waals surface area contributed by atoms with Gasteiger partial charge in [0.15, 0.2) is 0 Å². The van der Waals surface area contributed by atoms with Gasteiger partial charge in [-0.05, 0) is 33.3 Å². The van der Waals surface area contributed by atoms with Gasteiger partial charge in [-0.3, -0.25) is 0 Å². The summed E-state index contributed by atoms with van der Waals surface area (Å²) in [5.41, 5.74) is -0.669. The smallest absolute Gasteiger partial charge is 0.328 e. The zero-order chi connectivity index (χ0) is 11.4. The van der Waals surface area contributed by atoms with Gasteiger partial charge in [0.2, 0.25) is 0 Å². The molecule has 0 aromatic heterocycles. The first-order valence-corrected chi connectivity index (χ1v) is 4.25. The lowest BCUT2D eigenvalue weighted by atomic mass is 10.1. The summed E-state index contributed by atoms with van der Waals surface area (Å²) in [6, 6.07) is 0. The molecule has 0 aliphatic heterocycles. The third-order valence-corrected chi connectivity index (χ3v) is 1.61. The Morgan fingerprint density at radius 2 is 1.86 bits per heavy atom. The summed E-state index contributed by atoms with van der Waals surface area (Å²) in [6.07, 6.45) is 2.77. The number of hydrogen-bond acceptors (Lipinski definition) is 3. The van der Waals surface area contributed by atoms with Crippen molar-refractivity contribution in [1.82, 2.24) is 0 Å². The molecule has 0 spiro atoms. The van der Waals surface area contributed by atoms with E-state index in [4.69, 9.17) is 5.11 Å². The highest BCUT2D eigenvalue weighted by Crippen LogP contribution is 2.14. The van der Waals surface area contributed by atoms with E-state index in [9.17, 15) is 15.0 Å². The first-order chi connectivity index (χ1) is 6.23. The molecule has 0 aromatic carbocycles. The molecular formula is C10H16O4. The molecular weight excluding hydrogens is 184 g/mol. The Morgan fingerprint density at radius 1 is 1.36 bits per heavy atom. The van der Waals surface area contributed by atoms with E-state index in [2.05, 4.69) is 0 Å². The molecule has 0 atom stereocenters. The number of allylic oxidation sites excluding steroid dienone is 2. The van der Waals surface area contributed by atoms with Crippen molar-refractivity contribution in [3.8, 4) is 0 Å². The normalized spacial score (nSPS) is 14.3. The average molecular weight is 200 g/mol. The Balaban J connectivity index is 4.37. The molecule has 0 fully saturated rings. The molecule has 0 aliphatic carbocycles. The summed E-state index contributed by atoms with van der Waals surface area (Å²) in [4.78, 5) is 10.2. The Bertz CT molecular complexity index is 268. The monoisotopic (exact) mass is 200 g/mol. The summed E-state index contributed by atoms with van der Waals surface area (Å²) in [5.74, 6) is -1.17. The van der Waals surface area contributed by atoms with Gasteiger partial charge < -0.3 is 15.3 Å². The van der Waals surface area contributed by atoms with Crippen molar-refractivity contribution < 1.29 is 20.1 Å². The Labute approximate surface area is 83.2 Å². The van der Waals surface area contributed by atoms with E-state index in [1.54, 1.807) is 6.92 Å². The fraction of sp³-hybridized carbons (Fsp3) is 0.500. The van der Waals surface area contributed by atoms with Gasteiger partial charge >= 0.3 is 5.97 Å². The Kier molecular flexibility index (Phi) is 4.37. The molecule has 0 aromatic rings. The summed E-state index contributed by atoms with van der Waals surface area (Å²) in [5, 5.41) is 27.0. The SMILES string of the molecule is C/C(=C\C(=O)O)C/C=C(\O)C(C)(C)O. The van der Waals surface area contributed by atoms with Gasteiger partial charge in [-0.25, -0.2) is 4.79 Å². The average Bonchev–Trinajstić information content (AvgIpc) is 1.96. The maximum Gasteiger partial charge on any atom is 0.328 e. The Hall–Kier alpha value is -1.29. The van der Waals surface area contributed by atoms with E-state index < -0.39 is 11.6 Å². The molecule has 0 rings (SSSR count). The molecule has 14 heavy (non-hydrogen) atoms. The van der Waals surface area contributed by atoms with Crippen molar-refractivity contribution in [2.24, 2.45) is 0 Å². The molecule has 4 nitrogen and oxygen atoms in total. The number of rotatable bonds is 4. The Morgan fingerprint density at radius 3 is 2.21 bits per heavy atom. The number of aliphatic carboxylic acids is 1. The minimum Gasteiger partial charge on any atom is -0.510 e. The second-order valence-electron chi connectivity index (χ2n) is 3.68. The predicted molar refractivity (Wildman–Crippen MR) is 53.0 cm³/mol. The second-order valence-corrected chi connectivity index (χ2v) is 3.68. The number of aliphatic hydroxyl groups excluding tert-OH is 1. The van der Waals surface area contributed by atoms with Crippen LogP contribution in [0.4, 0.5) is 0 Å². The van der Waals surface area contributed by atoms with Crippen LogP contribution in [0.1, 0.15) is 27.2 Å². The van der Waals surface area contributed by atoms with E-state index in [0.29, 0.717) is 12.0 Å². The quantitative estimate of drug-likeness (QED) is 0.476. The third kappa shape index (κ3) is 5.37. The number of carboxylic acids is 1. The van der Waals surface area contributed by atoms with E-state index >= 15 is 0 Å². The van der Waals surface area contributed by atoms with Crippen LogP contribution >= 0.6 is 0 Å². The zero-order valence-corrected chi connectivity index (χ0v) is 8.61. The molecule has 80 valence electrons.